The first kappa shape index (κ1) is 16.5. The summed E-state index contributed by atoms with van der Waals surface area (Å²) in [7, 11) is 0. The second kappa shape index (κ2) is 7.05. The summed E-state index contributed by atoms with van der Waals surface area (Å²) in [5.41, 5.74) is 2.63. The first-order valence-electron chi connectivity index (χ1n) is 7.97. The maximum absolute atomic E-state index is 12.2. The number of anilines is 1. The van der Waals surface area contributed by atoms with Crippen molar-refractivity contribution in [3.63, 3.8) is 0 Å². The van der Waals surface area contributed by atoms with Crippen molar-refractivity contribution in [2.45, 2.75) is 19.3 Å². The summed E-state index contributed by atoms with van der Waals surface area (Å²) in [6, 6.07) is 14.9. The minimum atomic E-state index is -0.171. The standard InChI is InChI=1S/C19H19ClN2O2/c1-13(23)22-12-14(15-6-3-5-9-18(15)22)10-11-21-19(24)16-7-2-4-8-17(16)20/h2-9,14H,10-12H2,1H3,(H,21,24). The van der Waals surface area contributed by atoms with Crippen molar-refractivity contribution in [1.29, 1.82) is 0 Å². The molecule has 4 nitrogen and oxygen atoms in total. The molecule has 0 bridgehead atoms. The number of amides is 2. The van der Waals surface area contributed by atoms with Crippen molar-refractivity contribution < 1.29 is 9.59 Å². The summed E-state index contributed by atoms with van der Waals surface area (Å²) >= 11 is 6.04. The fraction of sp³-hybridized carbons (Fsp3) is 0.263. The summed E-state index contributed by atoms with van der Waals surface area (Å²) < 4.78 is 0. The quantitative estimate of drug-likeness (QED) is 0.922. The van der Waals surface area contributed by atoms with Gasteiger partial charge in [-0.25, -0.2) is 0 Å². The molecular formula is C19H19ClN2O2. The van der Waals surface area contributed by atoms with Crippen LogP contribution < -0.4 is 10.2 Å². The van der Waals surface area contributed by atoms with Crippen molar-refractivity contribution >= 4 is 29.1 Å². The number of carbonyl (C=O) groups excluding carboxylic acids is 2. The molecule has 0 fully saturated rings. The Kier molecular flexibility index (Phi) is 4.86. The number of benzene rings is 2. The van der Waals surface area contributed by atoms with E-state index >= 15 is 0 Å². The molecule has 2 amide bonds. The highest BCUT2D eigenvalue weighted by Gasteiger charge is 2.30. The van der Waals surface area contributed by atoms with Gasteiger partial charge in [0, 0.05) is 31.6 Å². The van der Waals surface area contributed by atoms with E-state index in [9.17, 15) is 9.59 Å². The molecule has 2 aromatic rings. The largest absolute Gasteiger partial charge is 0.352 e. The van der Waals surface area contributed by atoms with Crippen LogP contribution in [0.25, 0.3) is 0 Å². The summed E-state index contributed by atoms with van der Waals surface area (Å²) in [6.07, 6.45) is 0.775. The van der Waals surface area contributed by atoms with Crippen LogP contribution in [0.4, 0.5) is 5.69 Å². The van der Waals surface area contributed by atoms with Gasteiger partial charge in [-0.1, -0.05) is 41.9 Å². The van der Waals surface area contributed by atoms with E-state index in [1.807, 2.05) is 18.2 Å². The van der Waals surface area contributed by atoms with Gasteiger partial charge in [0.15, 0.2) is 0 Å². The molecular weight excluding hydrogens is 324 g/mol. The van der Waals surface area contributed by atoms with Gasteiger partial charge >= 0.3 is 0 Å². The highest BCUT2D eigenvalue weighted by molar-refractivity contribution is 6.33. The molecule has 124 valence electrons. The molecule has 0 aliphatic carbocycles. The van der Waals surface area contributed by atoms with Gasteiger partial charge in [-0.15, -0.1) is 0 Å². The average molecular weight is 343 g/mol. The van der Waals surface area contributed by atoms with Crippen LogP contribution in [0, 0.1) is 0 Å². The Morgan fingerprint density at radius 3 is 2.62 bits per heavy atom. The van der Waals surface area contributed by atoms with Gasteiger partial charge in [0.25, 0.3) is 5.91 Å². The maximum atomic E-state index is 12.2. The Hall–Kier alpha value is -2.33. The number of hydrogen-bond acceptors (Lipinski definition) is 2. The van der Waals surface area contributed by atoms with Crippen molar-refractivity contribution in [1.82, 2.24) is 5.32 Å². The fourth-order valence-corrected chi connectivity index (χ4v) is 3.36. The van der Waals surface area contributed by atoms with Crippen LogP contribution in [0.2, 0.25) is 5.02 Å². The molecule has 1 aliphatic heterocycles. The first-order valence-corrected chi connectivity index (χ1v) is 8.35. The van der Waals surface area contributed by atoms with E-state index in [2.05, 4.69) is 11.4 Å². The second-order valence-corrected chi connectivity index (χ2v) is 6.32. The van der Waals surface area contributed by atoms with Crippen LogP contribution in [0.5, 0.6) is 0 Å². The van der Waals surface area contributed by atoms with Crippen LogP contribution in [0.15, 0.2) is 48.5 Å². The fourth-order valence-electron chi connectivity index (χ4n) is 3.14. The van der Waals surface area contributed by atoms with E-state index < -0.39 is 0 Å². The molecule has 24 heavy (non-hydrogen) atoms. The number of para-hydroxylation sites is 1. The summed E-state index contributed by atoms with van der Waals surface area (Å²) in [5.74, 6) is 0.108. The van der Waals surface area contributed by atoms with Crippen LogP contribution in [-0.2, 0) is 4.79 Å². The number of hydrogen-bond donors (Lipinski definition) is 1. The van der Waals surface area contributed by atoms with Gasteiger partial charge in [-0.05, 0) is 30.2 Å². The zero-order valence-electron chi connectivity index (χ0n) is 13.5. The lowest BCUT2D eigenvalue weighted by molar-refractivity contribution is -0.116. The number of nitrogens with one attached hydrogen (secondary N) is 1. The summed E-state index contributed by atoms with van der Waals surface area (Å²) in [5, 5.41) is 3.36. The van der Waals surface area contributed by atoms with Crippen molar-refractivity contribution in [3.05, 3.63) is 64.7 Å². The smallest absolute Gasteiger partial charge is 0.252 e. The molecule has 0 saturated carbocycles. The van der Waals surface area contributed by atoms with Gasteiger partial charge in [0.05, 0.1) is 10.6 Å². The summed E-state index contributed by atoms with van der Waals surface area (Å²) in [4.78, 5) is 25.8. The molecule has 0 spiro atoms. The predicted molar refractivity (Wildman–Crippen MR) is 95.6 cm³/mol. The van der Waals surface area contributed by atoms with E-state index in [1.54, 1.807) is 36.1 Å². The molecule has 1 aliphatic rings. The molecule has 2 aromatic carbocycles. The van der Waals surface area contributed by atoms with Gasteiger partial charge in [0.1, 0.15) is 0 Å². The minimum Gasteiger partial charge on any atom is -0.352 e. The number of fused-ring (bicyclic) bond motifs is 1. The highest BCUT2D eigenvalue weighted by Crippen LogP contribution is 2.37. The van der Waals surface area contributed by atoms with Gasteiger partial charge in [0.2, 0.25) is 5.91 Å². The molecule has 0 saturated heterocycles. The Labute approximate surface area is 146 Å². The van der Waals surface area contributed by atoms with E-state index in [-0.39, 0.29) is 17.7 Å². The first-order chi connectivity index (χ1) is 11.6. The molecule has 1 unspecified atom stereocenters. The Morgan fingerprint density at radius 1 is 1.17 bits per heavy atom. The van der Waals surface area contributed by atoms with E-state index in [0.717, 1.165) is 12.1 Å². The average Bonchev–Trinajstić information content (AvgIpc) is 2.94. The molecule has 3 rings (SSSR count). The molecule has 1 heterocycles. The third kappa shape index (κ3) is 3.29. The zero-order chi connectivity index (χ0) is 17.1. The molecule has 1 atom stereocenters. The van der Waals surface area contributed by atoms with E-state index in [4.69, 9.17) is 11.6 Å². The third-order valence-electron chi connectivity index (χ3n) is 4.35. The zero-order valence-corrected chi connectivity index (χ0v) is 14.2. The number of rotatable bonds is 4. The predicted octanol–water partition coefficient (Wildman–Crippen LogP) is 3.61. The molecule has 5 heteroatoms. The number of carbonyl (C=O) groups is 2. The van der Waals surface area contributed by atoms with Crippen molar-refractivity contribution in [2.24, 2.45) is 0 Å². The SMILES string of the molecule is CC(=O)N1CC(CCNC(=O)c2ccccc2Cl)c2ccccc21. The lowest BCUT2D eigenvalue weighted by atomic mass is 9.98. The van der Waals surface area contributed by atoms with E-state index in [0.29, 0.717) is 23.7 Å². The van der Waals surface area contributed by atoms with E-state index in [1.165, 1.54) is 5.56 Å². The van der Waals surface area contributed by atoms with Crippen LogP contribution in [0.1, 0.15) is 35.2 Å². The monoisotopic (exact) mass is 342 g/mol. The maximum Gasteiger partial charge on any atom is 0.252 e. The van der Waals surface area contributed by atoms with Gasteiger partial charge in [-0.3, -0.25) is 9.59 Å². The Balaban J connectivity index is 1.63. The molecule has 0 radical (unpaired) electrons. The molecule has 1 N–H and O–H groups in total. The molecule has 0 aromatic heterocycles. The van der Waals surface area contributed by atoms with Gasteiger partial charge < -0.3 is 10.2 Å². The highest BCUT2D eigenvalue weighted by atomic mass is 35.5. The van der Waals surface area contributed by atoms with Gasteiger partial charge in [-0.2, -0.15) is 0 Å². The van der Waals surface area contributed by atoms with Crippen LogP contribution >= 0.6 is 11.6 Å². The summed E-state index contributed by atoms with van der Waals surface area (Å²) in [6.45, 7) is 2.78. The van der Waals surface area contributed by atoms with Crippen molar-refractivity contribution in [3.8, 4) is 0 Å². The second-order valence-electron chi connectivity index (χ2n) is 5.91. The van der Waals surface area contributed by atoms with Crippen LogP contribution in [0.3, 0.4) is 0 Å². The van der Waals surface area contributed by atoms with Crippen molar-refractivity contribution in [2.75, 3.05) is 18.0 Å². The normalized spacial score (nSPS) is 15.9. The lowest BCUT2D eigenvalue weighted by Gasteiger charge is -2.15. The minimum absolute atomic E-state index is 0.0463. The Bertz CT molecular complexity index is 775. The Morgan fingerprint density at radius 2 is 1.88 bits per heavy atom. The number of nitrogens with zero attached hydrogens (tertiary/aromatic N) is 1. The number of halogens is 1. The topological polar surface area (TPSA) is 49.4 Å². The lowest BCUT2D eigenvalue weighted by Crippen LogP contribution is -2.29. The third-order valence-corrected chi connectivity index (χ3v) is 4.68. The van der Waals surface area contributed by atoms with Crippen LogP contribution in [-0.4, -0.2) is 24.9 Å².